The van der Waals surface area contributed by atoms with Gasteiger partial charge in [-0.15, -0.1) is 29.3 Å². The van der Waals surface area contributed by atoms with Crippen molar-refractivity contribution in [2.75, 3.05) is 0 Å². The maximum absolute atomic E-state index is 7.41. The van der Waals surface area contributed by atoms with Crippen LogP contribution in [0.15, 0.2) is 210 Å². The van der Waals surface area contributed by atoms with Crippen LogP contribution in [0, 0.1) is 18.5 Å². The van der Waals surface area contributed by atoms with Gasteiger partial charge in [-0.25, -0.2) is 0 Å². The zero-order chi connectivity index (χ0) is 60.6. The number of furan rings is 1. The van der Waals surface area contributed by atoms with Crippen LogP contribution in [0.5, 0.6) is 11.5 Å². The monoisotopic (exact) mass is 1340 g/mol. The fourth-order valence-corrected chi connectivity index (χ4v) is 15.1. The van der Waals surface area contributed by atoms with Gasteiger partial charge in [0.05, 0.1) is 22.4 Å². The van der Waals surface area contributed by atoms with Crippen molar-refractivity contribution in [1.29, 1.82) is 0 Å². The molecule has 1 aliphatic heterocycles. The molecule has 3 aliphatic rings. The average molecular weight is 1340 g/mol. The summed E-state index contributed by atoms with van der Waals surface area (Å²) in [5, 5.41) is 1.90. The molecular weight excluding hydrogens is 1270 g/mol. The summed E-state index contributed by atoms with van der Waals surface area (Å²) in [4.78, 5) is 5.91. The largest absolute Gasteiger partial charge is 0.519 e. The van der Waals surface area contributed by atoms with Gasteiger partial charge in [-0.2, -0.15) is 0 Å². The van der Waals surface area contributed by atoms with Crippen LogP contribution in [0.1, 0.15) is 152 Å². The summed E-state index contributed by atoms with van der Waals surface area (Å²) in [5.41, 5.74) is 24.2. The van der Waals surface area contributed by atoms with Gasteiger partial charge in [-0.3, -0.25) is 9.56 Å². The van der Waals surface area contributed by atoms with Crippen LogP contribution < -0.4 is 9.30 Å². The van der Waals surface area contributed by atoms with Gasteiger partial charge in [0.1, 0.15) is 5.58 Å². The van der Waals surface area contributed by atoms with E-state index in [1.807, 2.05) is 12.1 Å². The van der Waals surface area contributed by atoms with Gasteiger partial charge in [0.2, 0.25) is 0 Å². The third kappa shape index (κ3) is 9.77. The number of hydrogen-bond donors (Lipinski definition) is 0. The van der Waals surface area contributed by atoms with Crippen LogP contribution in [0.3, 0.4) is 0 Å². The number of rotatable bonds is 9. The van der Waals surface area contributed by atoms with E-state index in [0.717, 1.165) is 104 Å². The Morgan fingerprint density at radius 1 is 0.551 bits per heavy atom. The third-order valence-electron chi connectivity index (χ3n) is 20.0. The minimum atomic E-state index is -0.272. The number of aromatic nitrogens is 2. The summed E-state index contributed by atoms with van der Waals surface area (Å²) < 4.78 is 18.7. The van der Waals surface area contributed by atoms with Gasteiger partial charge in [0.25, 0.3) is 6.33 Å². The van der Waals surface area contributed by atoms with E-state index in [-0.39, 0.29) is 54.1 Å². The van der Waals surface area contributed by atoms with Crippen LogP contribution in [-0.4, -0.2) is 10.3 Å². The predicted octanol–water partition coefficient (Wildman–Crippen LogP) is 21.3. The van der Waals surface area contributed by atoms with Crippen LogP contribution >= 0.6 is 0 Å². The quantitative estimate of drug-likeness (QED) is 0.107. The molecule has 0 saturated carbocycles. The van der Waals surface area contributed by atoms with Gasteiger partial charge in [0, 0.05) is 49.5 Å². The number of nitrogens with zero attached hydrogens (tertiary/aromatic N) is 3. The maximum atomic E-state index is 7.41. The first-order chi connectivity index (χ1) is 42.2. The normalized spacial score (nSPS) is 17.0. The van der Waals surface area contributed by atoms with E-state index < -0.39 is 0 Å². The van der Waals surface area contributed by atoms with E-state index >= 15 is 0 Å². The number of hydrogen-bond acceptors (Lipinski definition) is 3. The molecule has 0 spiro atoms. The topological polar surface area (TPSA) is 43.5 Å². The fourth-order valence-electron chi connectivity index (χ4n) is 15.1. The zero-order valence-corrected chi connectivity index (χ0v) is 55.2. The Bertz CT molecular complexity index is 4740. The van der Waals surface area contributed by atoms with Crippen LogP contribution in [0.25, 0.3) is 77.7 Å². The molecule has 6 heteroatoms. The molecule has 0 N–H and O–H groups in total. The Labute approximate surface area is 539 Å². The molecule has 0 bridgehead atoms. The van der Waals surface area contributed by atoms with Crippen LogP contribution in [-0.2, 0) is 48.1 Å². The number of ether oxygens (including phenoxy) is 1. The molecule has 446 valence electrons. The number of para-hydroxylation sites is 4. The van der Waals surface area contributed by atoms with Crippen molar-refractivity contribution in [2.45, 2.75) is 135 Å². The molecule has 0 saturated heterocycles. The molecule has 1 unspecified atom stereocenters. The first kappa shape index (κ1) is 58.3. The van der Waals surface area contributed by atoms with Gasteiger partial charge in [-0.05, 0) is 143 Å². The van der Waals surface area contributed by atoms with Crippen LogP contribution in [0.4, 0.5) is 5.69 Å². The first-order valence-corrected chi connectivity index (χ1v) is 31.6. The molecular formula is C83H75N3O2Pt-2. The Morgan fingerprint density at radius 3 is 1.78 bits per heavy atom. The molecule has 89 heavy (non-hydrogen) atoms. The molecule has 1 atom stereocenters. The van der Waals surface area contributed by atoms with E-state index in [0.29, 0.717) is 22.8 Å². The molecule has 3 heterocycles. The molecule has 15 rings (SSSR count). The first-order valence-electron chi connectivity index (χ1n) is 31.6. The zero-order valence-electron chi connectivity index (χ0n) is 52.9. The van der Waals surface area contributed by atoms with Crippen molar-refractivity contribution in [3.8, 4) is 56.3 Å². The number of fused-ring (bicyclic) bond motifs is 8. The number of benzene rings is 10. The Kier molecular flexibility index (Phi) is 14.0. The minimum Gasteiger partial charge on any atom is -0.519 e. The van der Waals surface area contributed by atoms with Crippen molar-refractivity contribution in [3.05, 3.63) is 263 Å². The van der Waals surface area contributed by atoms with Gasteiger partial charge in [0.15, 0.2) is 0 Å². The van der Waals surface area contributed by atoms with Crippen molar-refractivity contribution < 1.29 is 34.8 Å². The predicted molar refractivity (Wildman–Crippen MR) is 362 cm³/mol. The van der Waals surface area contributed by atoms with E-state index in [4.69, 9.17) is 14.1 Å². The van der Waals surface area contributed by atoms with E-state index in [2.05, 4.69) is 292 Å². The second kappa shape index (κ2) is 21.4. The van der Waals surface area contributed by atoms with Crippen LogP contribution in [0.2, 0.25) is 0 Å². The summed E-state index contributed by atoms with van der Waals surface area (Å²) >= 11 is 0. The number of imidazole rings is 1. The van der Waals surface area contributed by atoms with E-state index in [1.165, 1.54) is 44.5 Å². The van der Waals surface area contributed by atoms with Gasteiger partial charge >= 0.3 is 0 Å². The Hall–Kier alpha value is -8.37. The molecule has 10 aromatic carbocycles. The van der Waals surface area contributed by atoms with Gasteiger partial charge < -0.3 is 13.7 Å². The fraction of sp³-hybridized carbons (Fsp3) is 0.253. The summed E-state index contributed by atoms with van der Waals surface area (Å²) in [5.74, 6) is 0.922. The molecule has 0 fully saturated rings. The second-order valence-corrected chi connectivity index (χ2v) is 28.7. The summed E-state index contributed by atoms with van der Waals surface area (Å²) in [6, 6.07) is 80.0. The van der Waals surface area contributed by atoms with Crippen molar-refractivity contribution in [3.63, 3.8) is 0 Å². The summed E-state index contributed by atoms with van der Waals surface area (Å²) in [6.45, 7) is 26.5. The second-order valence-electron chi connectivity index (χ2n) is 28.7. The van der Waals surface area contributed by atoms with Crippen molar-refractivity contribution >= 4 is 44.4 Å². The van der Waals surface area contributed by atoms with Gasteiger partial charge in [-0.1, -0.05) is 264 Å². The summed E-state index contributed by atoms with van der Waals surface area (Å²) in [7, 11) is 0. The minimum absolute atomic E-state index is 0. The standard InChI is InChI=1S/C83H75N3O2.Pt/c1-79(2,3)56-46-55(76-72(73-66(84-76)41-40-65-75(73)83(10,11)45-43-81(65,6)7)62-38-39-64-74(71(62)54-30-19-14-20-31-54)82(8,9)44-42-80(64,4)5)47-57(48-56)87-58-49-63-61-32-21-24-37-70(61)88-78(63)69(50-58)85-51-86(68-36-23-22-35-67(68)85)77-59(52-26-15-12-16-27-52)33-25-34-60(77)53-28-17-13-18-29-53;/h12-41,46,48-49,72H,42-45H2,1-11H3;/q-2;. The third-order valence-corrected chi connectivity index (χ3v) is 20.0. The molecule has 2 aliphatic carbocycles. The number of aliphatic imine (C=N–C) groups is 1. The average Bonchev–Trinajstić information content (AvgIpc) is 1.73. The summed E-state index contributed by atoms with van der Waals surface area (Å²) in [6.07, 6.45) is 8.37. The smallest absolute Gasteiger partial charge is 0.268 e. The molecule has 12 aromatic rings. The Morgan fingerprint density at radius 2 is 1.11 bits per heavy atom. The van der Waals surface area contributed by atoms with E-state index in [9.17, 15) is 0 Å². The Balaban J connectivity index is 0.00000694. The van der Waals surface area contributed by atoms with E-state index in [1.54, 1.807) is 0 Å². The van der Waals surface area contributed by atoms with Crippen molar-refractivity contribution in [1.82, 2.24) is 4.57 Å². The SMILES string of the molecule is CC(C)(C)c1cc(Oc2[c-]c(-[n+]3[c-]n(-c4c(-c5ccccc5)cccc4-c4ccccc4)c4ccccc43)c3oc4ccccc4c3c2)[c-]c(C2=Nc3ccc4c(c3C2c2ccc3c(c2-c2ccccc2)C(C)(C)CCC3(C)C)C(C)(C)CCC4(C)C)c1.[Pt]. The molecule has 2 aromatic heterocycles. The molecule has 0 radical (unpaired) electrons. The van der Waals surface area contributed by atoms with Crippen molar-refractivity contribution in [2.24, 2.45) is 4.99 Å². The maximum Gasteiger partial charge on any atom is 0.268 e. The molecule has 0 amide bonds. The molecule has 5 nitrogen and oxygen atoms in total.